The van der Waals surface area contributed by atoms with Gasteiger partial charge in [-0.1, -0.05) is 30.4 Å². The lowest BCUT2D eigenvalue weighted by Gasteiger charge is -1.95. The number of hydrogen-bond acceptors (Lipinski definition) is 1. The van der Waals surface area contributed by atoms with Crippen molar-refractivity contribution in [2.24, 2.45) is 5.73 Å². The van der Waals surface area contributed by atoms with Crippen molar-refractivity contribution in [3.63, 3.8) is 0 Å². The minimum atomic E-state index is 0.893. The Bertz CT molecular complexity index is 163. The van der Waals surface area contributed by atoms with Gasteiger partial charge in [-0.3, -0.25) is 0 Å². The second-order valence-corrected chi connectivity index (χ2v) is 2.08. The van der Waals surface area contributed by atoms with Gasteiger partial charge in [-0.05, 0) is 6.42 Å². The van der Waals surface area contributed by atoms with Crippen LogP contribution in [-0.2, 0) is 0 Å². The summed E-state index contributed by atoms with van der Waals surface area (Å²) in [4.78, 5) is 0. The fourth-order valence-electron chi connectivity index (χ4n) is 0.743. The summed E-state index contributed by atoms with van der Waals surface area (Å²) in [5.41, 5.74) is 6.55. The summed E-state index contributed by atoms with van der Waals surface area (Å²) in [7, 11) is 0. The Morgan fingerprint density at radius 2 is 2.00 bits per heavy atom. The lowest BCUT2D eigenvalue weighted by atomic mass is 10.2. The van der Waals surface area contributed by atoms with Gasteiger partial charge in [0.05, 0.1) is 0 Å². The van der Waals surface area contributed by atoms with Crippen molar-refractivity contribution in [1.82, 2.24) is 0 Å². The van der Waals surface area contributed by atoms with Gasteiger partial charge in [-0.2, -0.15) is 0 Å². The van der Waals surface area contributed by atoms with E-state index < -0.39 is 0 Å². The number of nitrogens with two attached hydrogens (primary N) is 1. The van der Waals surface area contributed by atoms with E-state index in [9.17, 15) is 0 Å². The molecule has 0 aromatic carbocycles. The molecular weight excluding hydrogens is 110 g/mol. The van der Waals surface area contributed by atoms with Crippen LogP contribution in [0.1, 0.15) is 12.8 Å². The van der Waals surface area contributed by atoms with Crippen LogP contribution in [-0.4, -0.2) is 0 Å². The zero-order valence-electron chi connectivity index (χ0n) is 5.38. The van der Waals surface area contributed by atoms with Gasteiger partial charge < -0.3 is 5.73 Å². The SMILES string of the molecule is N/C1=C\C/C=C\C=C/C1. The molecular formula is C8H11N. The van der Waals surface area contributed by atoms with Gasteiger partial charge in [0, 0.05) is 12.1 Å². The molecule has 1 rings (SSSR count). The fourth-order valence-corrected chi connectivity index (χ4v) is 0.743. The molecule has 0 amide bonds. The largest absolute Gasteiger partial charge is 0.402 e. The Balaban J connectivity index is 2.61. The van der Waals surface area contributed by atoms with E-state index >= 15 is 0 Å². The van der Waals surface area contributed by atoms with Crippen molar-refractivity contribution in [1.29, 1.82) is 0 Å². The van der Waals surface area contributed by atoms with Crippen LogP contribution in [0.4, 0.5) is 0 Å². The maximum Gasteiger partial charge on any atom is 0.00815 e. The molecule has 0 radical (unpaired) electrons. The first-order chi connectivity index (χ1) is 4.39. The summed E-state index contributed by atoms with van der Waals surface area (Å²) in [5.74, 6) is 0. The van der Waals surface area contributed by atoms with Gasteiger partial charge in [-0.25, -0.2) is 0 Å². The quantitative estimate of drug-likeness (QED) is 0.519. The molecule has 0 saturated heterocycles. The Kier molecular flexibility index (Phi) is 2.13. The third kappa shape index (κ3) is 2.17. The highest BCUT2D eigenvalue weighted by Gasteiger charge is 1.85. The van der Waals surface area contributed by atoms with Crippen molar-refractivity contribution in [2.45, 2.75) is 12.8 Å². The molecule has 0 aromatic heterocycles. The summed E-state index contributed by atoms with van der Waals surface area (Å²) in [6.45, 7) is 0. The highest BCUT2D eigenvalue weighted by atomic mass is 14.6. The number of hydrogen-bond donors (Lipinski definition) is 1. The first-order valence-electron chi connectivity index (χ1n) is 3.16. The van der Waals surface area contributed by atoms with Crippen LogP contribution >= 0.6 is 0 Å². The normalized spacial score (nSPS) is 31.3. The smallest absolute Gasteiger partial charge is 0.00815 e. The molecule has 0 bridgehead atoms. The third-order valence-corrected chi connectivity index (χ3v) is 1.25. The van der Waals surface area contributed by atoms with Crippen LogP contribution in [0.2, 0.25) is 0 Å². The number of allylic oxidation sites excluding steroid dienone is 5. The summed E-state index contributed by atoms with van der Waals surface area (Å²) >= 11 is 0. The van der Waals surface area contributed by atoms with Crippen molar-refractivity contribution in [3.8, 4) is 0 Å². The molecule has 0 spiro atoms. The van der Waals surface area contributed by atoms with Gasteiger partial charge in [0.25, 0.3) is 0 Å². The minimum Gasteiger partial charge on any atom is -0.402 e. The van der Waals surface area contributed by atoms with Crippen LogP contribution < -0.4 is 5.73 Å². The maximum atomic E-state index is 5.58. The second kappa shape index (κ2) is 3.13. The Morgan fingerprint density at radius 3 is 2.89 bits per heavy atom. The predicted octanol–water partition coefficient (Wildman–Crippen LogP) is 1.74. The zero-order chi connectivity index (χ0) is 6.53. The van der Waals surface area contributed by atoms with E-state index in [2.05, 4.69) is 12.2 Å². The maximum absolute atomic E-state index is 5.58. The van der Waals surface area contributed by atoms with Gasteiger partial charge in [0.2, 0.25) is 0 Å². The van der Waals surface area contributed by atoms with Crippen molar-refractivity contribution in [2.75, 3.05) is 0 Å². The molecule has 1 heteroatoms. The fraction of sp³-hybridized carbons (Fsp3) is 0.250. The molecule has 0 atom stereocenters. The van der Waals surface area contributed by atoms with E-state index in [0.29, 0.717) is 0 Å². The Labute approximate surface area is 55.6 Å². The molecule has 0 aliphatic heterocycles. The van der Waals surface area contributed by atoms with Crippen molar-refractivity contribution in [3.05, 3.63) is 36.1 Å². The molecule has 0 saturated carbocycles. The molecule has 0 fully saturated rings. The molecule has 0 unspecified atom stereocenters. The molecule has 9 heavy (non-hydrogen) atoms. The van der Waals surface area contributed by atoms with Crippen LogP contribution in [0.25, 0.3) is 0 Å². The van der Waals surface area contributed by atoms with Gasteiger partial charge in [0.1, 0.15) is 0 Å². The molecule has 0 aromatic rings. The Hall–Kier alpha value is -0.980. The van der Waals surface area contributed by atoms with Gasteiger partial charge in [0.15, 0.2) is 0 Å². The molecule has 1 nitrogen and oxygen atoms in total. The van der Waals surface area contributed by atoms with E-state index in [-0.39, 0.29) is 0 Å². The third-order valence-electron chi connectivity index (χ3n) is 1.25. The molecule has 1 aliphatic carbocycles. The zero-order valence-corrected chi connectivity index (χ0v) is 5.38. The Morgan fingerprint density at radius 1 is 1.22 bits per heavy atom. The van der Waals surface area contributed by atoms with Crippen LogP contribution in [0.3, 0.4) is 0 Å². The standard InChI is InChI=1S/C8H11N/c9-8-6-4-2-1-3-5-7-8/h1-4,7H,5-6,9H2/b3-1-,4-2-,8-7-. The highest BCUT2D eigenvalue weighted by Crippen LogP contribution is 2.00. The van der Waals surface area contributed by atoms with Gasteiger partial charge in [-0.15, -0.1) is 0 Å². The first kappa shape index (κ1) is 6.14. The molecule has 1 aliphatic rings. The van der Waals surface area contributed by atoms with Crippen LogP contribution in [0.5, 0.6) is 0 Å². The highest BCUT2D eigenvalue weighted by molar-refractivity contribution is 5.14. The lowest BCUT2D eigenvalue weighted by molar-refractivity contribution is 1.12. The van der Waals surface area contributed by atoms with Crippen LogP contribution in [0.15, 0.2) is 36.1 Å². The van der Waals surface area contributed by atoms with E-state index in [1.54, 1.807) is 0 Å². The molecule has 2 N–H and O–H groups in total. The molecule has 0 heterocycles. The van der Waals surface area contributed by atoms with Crippen LogP contribution in [0, 0.1) is 0 Å². The summed E-state index contributed by atoms with van der Waals surface area (Å²) in [6.07, 6.45) is 12.1. The predicted molar refractivity (Wildman–Crippen MR) is 39.8 cm³/mol. The monoisotopic (exact) mass is 121 g/mol. The summed E-state index contributed by atoms with van der Waals surface area (Å²) in [5, 5.41) is 0. The van der Waals surface area contributed by atoms with Crippen molar-refractivity contribution < 1.29 is 0 Å². The summed E-state index contributed by atoms with van der Waals surface area (Å²) < 4.78 is 0. The van der Waals surface area contributed by atoms with E-state index in [0.717, 1.165) is 18.5 Å². The second-order valence-electron chi connectivity index (χ2n) is 2.08. The first-order valence-corrected chi connectivity index (χ1v) is 3.16. The van der Waals surface area contributed by atoms with Crippen molar-refractivity contribution >= 4 is 0 Å². The lowest BCUT2D eigenvalue weighted by Crippen LogP contribution is -1.94. The average molecular weight is 121 g/mol. The molecule has 48 valence electrons. The number of rotatable bonds is 0. The van der Waals surface area contributed by atoms with Gasteiger partial charge >= 0.3 is 0 Å². The van der Waals surface area contributed by atoms with E-state index in [4.69, 9.17) is 5.73 Å². The summed E-state index contributed by atoms with van der Waals surface area (Å²) in [6, 6.07) is 0. The average Bonchev–Trinajstić information content (AvgIpc) is 1.79. The topological polar surface area (TPSA) is 26.0 Å². The minimum absolute atomic E-state index is 0.893. The van der Waals surface area contributed by atoms with E-state index in [1.807, 2.05) is 18.2 Å². The van der Waals surface area contributed by atoms with E-state index in [1.165, 1.54) is 0 Å².